The monoisotopic (exact) mass is 358 g/mol. The molecule has 0 heterocycles. The summed E-state index contributed by atoms with van der Waals surface area (Å²) in [5.41, 5.74) is 1.01. The Hall–Kier alpha value is -1.97. The second-order valence-corrected chi connectivity index (χ2v) is 7.47. The summed E-state index contributed by atoms with van der Waals surface area (Å²) < 4.78 is 34.9. The van der Waals surface area contributed by atoms with Gasteiger partial charge in [0.05, 0.1) is 4.90 Å². The Kier molecular flexibility index (Phi) is 6.88. The predicted octanol–water partition coefficient (Wildman–Crippen LogP) is 0.762. The fourth-order valence-electron chi connectivity index (χ4n) is 1.74. The molecule has 134 valence electrons. The average Bonchev–Trinajstić information content (AvgIpc) is 2.49. The second-order valence-electron chi connectivity index (χ2n) is 5.32. The third-order valence-electron chi connectivity index (χ3n) is 3.19. The van der Waals surface area contributed by atoms with Crippen LogP contribution in [0.25, 0.3) is 0 Å². The van der Waals surface area contributed by atoms with Crippen molar-refractivity contribution in [3.8, 4) is 0 Å². The Bertz CT molecular complexity index is 715. The fraction of sp³-hybridized carbons (Fsp3) is 0.467. The molecule has 0 aliphatic rings. The third kappa shape index (κ3) is 5.02. The zero-order chi connectivity index (χ0) is 18.5. The Labute approximate surface area is 141 Å². The summed E-state index contributed by atoms with van der Waals surface area (Å²) in [6.07, 6.45) is -1.04. The van der Waals surface area contributed by atoms with Crippen molar-refractivity contribution in [2.24, 2.45) is 0 Å². The van der Waals surface area contributed by atoms with E-state index in [-0.39, 0.29) is 11.5 Å². The molecule has 1 rings (SSSR count). The quantitative estimate of drug-likeness (QED) is 0.722. The molecule has 0 unspecified atom stereocenters. The third-order valence-corrected chi connectivity index (χ3v) is 5.00. The Morgan fingerprint density at radius 1 is 1.29 bits per heavy atom. The van der Waals surface area contributed by atoms with Gasteiger partial charge in [-0.25, -0.2) is 17.5 Å². The first-order valence-corrected chi connectivity index (χ1v) is 8.56. The number of methoxy groups -OCH3 is 1. The van der Waals surface area contributed by atoms with Gasteiger partial charge in [-0.3, -0.25) is 4.79 Å². The Balaban J connectivity index is 2.95. The number of hydrogen-bond donors (Lipinski definition) is 1. The number of nitrogens with zero attached hydrogens (tertiary/aromatic N) is 1. The van der Waals surface area contributed by atoms with Gasteiger partial charge in [0, 0.05) is 26.9 Å². The van der Waals surface area contributed by atoms with E-state index in [9.17, 15) is 18.0 Å². The fourth-order valence-corrected chi connectivity index (χ4v) is 2.67. The van der Waals surface area contributed by atoms with Gasteiger partial charge in [-0.2, -0.15) is 0 Å². The minimum absolute atomic E-state index is 0.0532. The number of nitrogens with one attached hydrogen (secondary N) is 1. The molecule has 0 aromatic heterocycles. The highest BCUT2D eigenvalue weighted by Crippen LogP contribution is 2.22. The average molecular weight is 358 g/mol. The number of ether oxygens (including phenoxy) is 2. The molecule has 0 saturated carbocycles. The van der Waals surface area contributed by atoms with E-state index in [1.807, 2.05) is 0 Å². The molecule has 24 heavy (non-hydrogen) atoms. The molecule has 9 heteroatoms. The van der Waals surface area contributed by atoms with Crippen LogP contribution in [0.3, 0.4) is 0 Å². The van der Waals surface area contributed by atoms with Crippen molar-refractivity contribution in [1.82, 2.24) is 4.31 Å². The van der Waals surface area contributed by atoms with Crippen LogP contribution in [0.2, 0.25) is 0 Å². The van der Waals surface area contributed by atoms with Gasteiger partial charge >= 0.3 is 5.97 Å². The molecule has 1 aromatic rings. The molecule has 1 aromatic carbocycles. The number of hydrogen-bond acceptors (Lipinski definition) is 6. The number of benzene rings is 1. The standard InChI is InChI=1S/C15H22N2O6S/c1-10-6-7-12(24(20,21)17(3)4)8-13(10)16-15(19)11(2)23-14(18)9-22-5/h6-8,11H,9H2,1-5H3,(H,16,19)/t11-/m0/s1. The van der Waals surface area contributed by atoms with Crippen LogP contribution in [0.15, 0.2) is 23.1 Å². The van der Waals surface area contributed by atoms with Gasteiger partial charge in [-0.15, -0.1) is 0 Å². The van der Waals surface area contributed by atoms with Crippen LogP contribution in [-0.2, 0) is 29.1 Å². The number of rotatable bonds is 7. The van der Waals surface area contributed by atoms with E-state index in [0.717, 1.165) is 4.31 Å². The van der Waals surface area contributed by atoms with Crippen molar-refractivity contribution in [2.45, 2.75) is 24.8 Å². The molecule has 0 spiro atoms. The lowest BCUT2D eigenvalue weighted by molar-refractivity contribution is -0.156. The second kappa shape index (κ2) is 8.22. The number of sulfonamides is 1. The van der Waals surface area contributed by atoms with Crippen molar-refractivity contribution in [1.29, 1.82) is 0 Å². The minimum atomic E-state index is -3.62. The highest BCUT2D eigenvalue weighted by atomic mass is 32.2. The van der Waals surface area contributed by atoms with Crippen molar-refractivity contribution < 1.29 is 27.5 Å². The number of aryl methyl sites for hydroxylation is 1. The van der Waals surface area contributed by atoms with E-state index in [1.165, 1.54) is 40.3 Å². The molecular formula is C15H22N2O6S. The molecule has 0 bridgehead atoms. The maximum atomic E-state index is 12.2. The Morgan fingerprint density at radius 2 is 1.92 bits per heavy atom. The molecule has 1 N–H and O–H groups in total. The van der Waals surface area contributed by atoms with Crippen LogP contribution >= 0.6 is 0 Å². The van der Waals surface area contributed by atoms with E-state index in [0.29, 0.717) is 11.3 Å². The van der Waals surface area contributed by atoms with Gasteiger partial charge in [0.1, 0.15) is 6.61 Å². The maximum absolute atomic E-state index is 12.2. The zero-order valence-corrected chi connectivity index (χ0v) is 15.1. The molecule has 1 atom stereocenters. The maximum Gasteiger partial charge on any atom is 0.332 e. The Morgan fingerprint density at radius 3 is 2.46 bits per heavy atom. The zero-order valence-electron chi connectivity index (χ0n) is 14.3. The highest BCUT2D eigenvalue weighted by Gasteiger charge is 2.21. The van der Waals surface area contributed by atoms with E-state index in [2.05, 4.69) is 10.1 Å². The van der Waals surface area contributed by atoms with E-state index in [1.54, 1.807) is 13.0 Å². The number of carbonyl (C=O) groups is 2. The van der Waals surface area contributed by atoms with Gasteiger partial charge in [0.25, 0.3) is 5.91 Å². The lowest BCUT2D eigenvalue weighted by Crippen LogP contribution is -2.31. The van der Waals surface area contributed by atoms with Crippen molar-refractivity contribution in [2.75, 3.05) is 33.1 Å². The molecular weight excluding hydrogens is 336 g/mol. The van der Waals surface area contributed by atoms with Crippen molar-refractivity contribution >= 4 is 27.6 Å². The van der Waals surface area contributed by atoms with E-state index >= 15 is 0 Å². The topological polar surface area (TPSA) is 102 Å². The first-order valence-electron chi connectivity index (χ1n) is 7.12. The number of carbonyl (C=O) groups excluding carboxylic acids is 2. The minimum Gasteiger partial charge on any atom is -0.451 e. The van der Waals surface area contributed by atoms with Crippen molar-refractivity contribution in [3.63, 3.8) is 0 Å². The van der Waals surface area contributed by atoms with E-state index in [4.69, 9.17) is 4.74 Å². The van der Waals surface area contributed by atoms with Gasteiger partial charge in [-0.1, -0.05) is 6.07 Å². The molecule has 0 aliphatic heterocycles. The van der Waals surface area contributed by atoms with Gasteiger partial charge in [0.15, 0.2) is 6.10 Å². The van der Waals surface area contributed by atoms with Gasteiger partial charge < -0.3 is 14.8 Å². The SMILES string of the molecule is COCC(=O)O[C@@H](C)C(=O)Nc1cc(S(=O)(=O)N(C)C)ccc1C. The van der Waals surface area contributed by atoms with Crippen LogP contribution < -0.4 is 5.32 Å². The smallest absolute Gasteiger partial charge is 0.332 e. The summed E-state index contributed by atoms with van der Waals surface area (Å²) in [7, 11) is 0.564. The first kappa shape index (κ1) is 20.1. The van der Waals surface area contributed by atoms with E-state index < -0.39 is 28.0 Å². The molecule has 0 fully saturated rings. The summed E-state index contributed by atoms with van der Waals surface area (Å²) in [4.78, 5) is 23.5. The van der Waals surface area contributed by atoms with Crippen LogP contribution in [0.5, 0.6) is 0 Å². The summed E-state index contributed by atoms with van der Waals surface area (Å²) >= 11 is 0. The summed E-state index contributed by atoms with van der Waals surface area (Å²) in [6.45, 7) is 2.88. The molecule has 0 radical (unpaired) electrons. The molecule has 8 nitrogen and oxygen atoms in total. The summed E-state index contributed by atoms with van der Waals surface area (Å²) in [5, 5.41) is 2.57. The summed E-state index contributed by atoms with van der Waals surface area (Å²) in [5.74, 6) is -1.23. The first-order chi connectivity index (χ1) is 11.1. The molecule has 0 aliphatic carbocycles. The number of amides is 1. The molecule has 0 saturated heterocycles. The van der Waals surface area contributed by atoms with Crippen LogP contribution in [0.4, 0.5) is 5.69 Å². The highest BCUT2D eigenvalue weighted by molar-refractivity contribution is 7.89. The van der Waals surface area contributed by atoms with Crippen molar-refractivity contribution in [3.05, 3.63) is 23.8 Å². The summed E-state index contributed by atoms with van der Waals surface area (Å²) in [6, 6.07) is 4.42. The lowest BCUT2D eigenvalue weighted by Gasteiger charge is -2.16. The predicted molar refractivity (Wildman–Crippen MR) is 88.1 cm³/mol. The number of anilines is 1. The lowest BCUT2D eigenvalue weighted by atomic mass is 10.2. The van der Waals surface area contributed by atoms with Crippen LogP contribution in [0, 0.1) is 6.92 Å². The largest absolute Gasteiger partial charge is 0.451 e. The van der Waals surface area contributed by atoms with Crippen LogP contribution in [0.1, 0.15) is 12.5 Å². The van der Waals surface area contributed by atoms with Gasteiger partial charge in [-0.05, 0) is 31.5 Å². The normalized spacial score (nSPS) is 12.8. The number of esters is 1. The van der Waals surface area contributed by atoms with Gasteiger partial charge in [0.2, 0.25) is 10.0 Å². The molecule has 1 amide bonds. The van der Waals surface area contributed by atoms with Crippen LogP contribution in [-0.4, -0.2) is 58.5 Å².